The minimum atomic E-state index is 0.604. The van der Waals surface area contributed by atoms with Crippen LogP contribution in [0.15, 0.2) is 10.1 Å². The van der Waals surface area contributed by atoms with Crippen molar-refractivity contribution in [1.29, 1.82) is 0 Å². The molecule has 0 saturated heterocycles. The fraction of sp³-hybridized carbons (Fsp3) is 0.864. The van der Waals surface area contributed by atoms with Gasteiger partial charge in [-0.1, -0.05) is 44.4 Å². The highest BCUT2D eigenvalue weighted by Gasteiger charge is 2.23. The Kier molecular flexibility index (Phi) is 8.69. The Hall–Kier alpha value is -1.24. The van der Waals surface area contributed by atoms with Crippen molar-refractivity contribution in [2.45, 2.75) is 82.3 Å². The average Bonchev–Trinajstić information content (AvgIpc) is 3.38. The van der Waals surface area contributed by atoms with Gasteiger partial charge in [0.25, 0.3) is 0 Å². The van der Waals surface area contributed by atoms with Gasteiger partial charge in [-0.3, -0.25) is 4.99 Å². The fourth-order valence-electron chi connectivity index (χ4n) is 4.96. The second-order valence-corrected chi connectivity index (χ2v) is 9.77. The van der Waals surface area contributed by atoms with Gasteiger partial charge in [0.05, 0.1) is 0 Å². The molecule has 6 nitrogen and oxygen atoms in total. The van der Waals surface area contributed by atoms with E-state index in [1.165, 1.54) is 51.4 Å². The molecule has 2 aliphatic carbocycles. The van der Waals surface area contributed by atoms with Gasteiger partial charge in [0.15, 0.2) is 11.1 Å². The summed E-state index contributed by atoms with van der Waals surface area (Å²) in [6.07, 6.45) is 14.8. The van der Waals surface area contributed by atoms with Crippen LogP contribution in [0.25, 0.3) is 0 Å². The summed E-state index contributed by atoms with van der Waals surface area (Å²) < 4.78 is 2.42. The van der Waals surface area contributed by atoms with Gasteiger partial charge in [-0.05, 0) is 50.2 Å². The van der Waals surface area contributed by atoms with Gasteiger partial charge in [0.1, 0.15) is 5.82 Å². The zero-order chi connectivity index (χ0) is 20.6. The summed E-state index contributed by atoms with van der Waals surface area (Å²) in [6, 6.07) is 0.604. The second kappa shape index (κ2) is 11.2. The lowest BCUT2D eigenvalue weighted by molar-refractivity contribution is 0.250. The minimum Gasteiger partial charge on any atom is -0.356 e. The Balaban J connectivity index is 1.45. The molecule has 1 N–H and O–H groups in total. The van der Waals surface area contributed by atoms with E-state index >= 15 is 0 Å². The maximum atomic E-state index is 4.51. The van der Waals surface area contributed by atoms with Crippen LogP contribution in [0.2, 0.25) is 0 Å². The molecule has 3 rings (SSSR count). The number of thioether (sulfide) groups is 1. The number of nitrogens with one attached hydrogen (secondary N) is 1. The van der Waals surface area contributed by atoms with Gasteiger partial charge in [0.2, 0.25) is 0 Å². The second-order valence-electron chi connectivity index (χ2n) is 9.00. The normalized spacial score (nSPS) is 23.5. The van der Waals surface area contributed by atoms with E-state index in [-0.39, 0.29) is 0 Å². The van der Waals surface area contributed by atoms with Crippen LogP contribution < -0.4 is 5.32 Å². The summed E-state index contributed by atoms with van der Waals surface area (Å²) in [4.78, 5) is 6.82. The van der Waals surface area contributed by atoms with Crippen LogP contribution in [0.4, 0.5) is 0 Å². The SMILES string of the molecule is CN=C(NCCCc1nnc(SC)n1C1CCCC1)N(C)CC1CCC(C)CC1. The first kappa shape index (κ1) is 22.4. The first-order valence-corrected chi connectivity index (χ1v) is 12.7. The van der Waals surface area contributed by atoms with Crippen molar-refractivity contribution >= 4 is 17.7 Å². The van der Waals surface area contributed by atoms with Gasteiger partial charge < -0.3 is 14.8 Å². The molecule has 0 aromatic carbocycles. The van der Waals surface area contributed by atoms with E-state index in [1.807, 2.05) is 7.05 Å². The standard InChI is InChI=1S/C22H40N6S/c1-17-11-13-18(14-12-17)16-27(3)21(23-2)24-15-7-10-20-25-26-22(29-4)28(20)19-8-5-6-9-19/h17-19H,5-16H2,1-4H3,(H,23,24). The van der Waals surface area contributed by atoms with Crippen LogP contribution in [-0.4, -0.2) is 59.1 Å². The Morgan fingerprint density at radius 3 is 2.55 bits per heavy atom. The van der Waals surface area contributed by atoms with Crippen LogP contribution in [0.3, 0.4) is 0 Å². The van der Waals surface area contributed by atoms with E-state index in [1.54, 1.807) is 11.8 Å². The van der Waals surface area contributed by atoms with Crippen molar-refractivity contribution in [3.05, 3.63) is 5.82 Å². The number of hydrogen-bond donors (Lipinski definition) is 1. The van der Waals surface area contributed by atoms with E-state index in [0.717, 1.165) is 54.7 Å². The lowest BCUT2D eigenvalue weighted by Crippen LogP contribution is -2.42. The van der Waals surface area contributed by atoms with E-state index in [9.17, 15) is 0 Å². The molecule has 0 spiro atoms. The van der Waals surface area contributed by atoms with E-state index in [2.05, 4.69) is 50.2 Å². The predicted octanol–water partition coefficient (Wildman–Crippen LogP) is 4.38. The lowest BCUT2D eigenvalue weighted by atomic mass is 9.83. The molecule has 0 bridgehead atoms. The summed E-state index contributed by atoms with van der Waals surface area (Å²) in [6.45, 7) is 4.42. The molecule has 0 atom stereocenters. The van der Waals surface area contributed by atoms with Gasteiger partial charge in [-0.15, -0.1) is 10.2 Å². The Morgan fingerprint density at radius 2 is 1.90 bits per heavy atom. The van der Waals surface area contributed by atoms with Crippen LogP contribution in [0, 0.1) is 11.8 Å². The summed E-state index contributed by atoms with van der Waals surface area (Å²) in [5.41, 5.74) is 0. The third kappa shape index (κ3) is 6.12. The molecule has 0 unspecified atom stereocenters. The van der Waals surface area contributed by atoms with Crippen molar-refractivity contribution in [2.24, 2.45) is 16.8 Å². The maximum absolute atomic E-state index is 4.51. The van der Waals surface area contributed by atoms with Gasteiger partial charge in [-0.2, -0.15) is 0 Å². The molecule has 2 saturated carbocycles. The molecule has 29 heavy (non-hydrogen) atoms. The van der Waals surface area contributed by atoms with Crippen LogP contribution in [0.1, 0.15) is 76.6 Å². The van der Waals surface area contributed by atoms with Crippen molar-refractivity contribution in [3.63, 3.8) is 0 Å². The highest BCUT2D eigenvalue weighted by atomic mass is 32.2. The van der Waals surface area contributed by atoms with E-state index in [0.29, 0.717) is 6.04 Å². The first-order chi connectivity index (χ1) is 14.1. The number of guanidine groups is 1. The quantitative estimate of drug-likeness (QED) is 0.293. The summed E-state index contributed by atoms with van der Waals surface area (Å²) in [7, 11) is 4.07. The van der Waals surface area contributed by atoms with E-state index in [4.69, 9.17) is 0 Å². The Morgan fingerprint density at radius 1 is 1.17 bits per heavy atom. The average molecular weight is 421 g/mol. The van der Waals surface area contributed by atoms with Crippen LogP contribution in [-0.2, 0) is 6.42 Å². The van der Waals surface area contributed by atoms with Crippen molar-refractivity contribution < 1.29 is 0 Å². The predicted molar refractivity (Wildman–Crippen MR) is 123 cm³/mol. The largest absolute Gasteiger partial charge is 0.356 e. The Labute approximate surface area is 181 Å². The molecule has 0 aliphatic heterocycles. The molecule has 0 radical (unpaired) electrons. The Bertz CT molecular complexity index is 644. The molecule has 1 aromatic heterocycles. The third-order valence-corrected chi connectivity index (χ3v) is 7.35. The van der Waals surface area contributed by atoms with Crippen molar-refractivity contribution in [1.82, 2.24) is 25.0 Å². The third-order valence-electron chi connectivity index (χ3n) is 6.71. The number of hydrogen-bond acceptors (Lipinski definition) is 4. The molecule has 1 heterocycles. The van der Waals surface area contributed by atoms with Gasteiger partial charge >= 0.3 is 0 Å². The minimum absolute atomic E-state index is 0.604. The molecule has 0 amide bonds. The lowest BCUT2D eigenvalue weighted by Gasteiger charge is -2.31. The topological polar surface area (TPSA) is 58.3 Å². The monoisotopic (exact) mass is 420 g/mol. The number of nitrogens with zero attached hydrogens (tertiary/aromatic N) is 5. The van der Waals surface area contributed by atoms with Crippen molar-refractivity contribution in [3.8, 4) is 0 Å². The number of aryl methyl sites for hydroxylation is 1. The number of rotatable bonds is 8. The highest BCUT2D eigenvalue weighted by Crippen LogP contribution is 2.33. The summed E-state index contributed by atoms with van der Waals surface area (Å²) in [5.74, 6) is 3.89. The smallest absolute Gasteiger partial charge is 0.193 e. The zero-order valence-corrected chi connectivity index (χ0v) is 19.7. The highest BCUT2D eigenvalue weighted by molar-refractivity contribution is 7.98. The van der Waals surface area contributed by atoms with Crippen LogP contribution in [0.5, 0.6) is 0 Å². The summed E-state index contributed by atoms with van der Waals surface area (Å²) in [5, 5.41) is 13.6. The molecule has 2 fully saturated rings. The maximum Gasteiger partial charge on any atom is 0.193 e. The first-order valence-electron chi connectivity index (χ1n) is 11.5. The van der Waals surface area contributed by atoms with Gasteiger partial charge in [0, 0.05) is 39.6 Å². The summed E-state index contributed by atoms with van der Waals surface area (Å²) >= 11 is 1.72. The zero-order valence-electron chi connectivity index (χ0n) is 18.9. The molecule has 7 heteroatoms. The van der Waals surface area contributed by atoms with Crippen molar-refractivity contribution in [2.75, 3.05) is 33.4 Å². The number of aliphatic imine (C=N–C) groups is 1. The molecular formula is C22H40N6S. The van der Waals surface area contributed by atoms with Crippen LogP contribution >= 0.6 is 11.8 Å². The molecular weight excluding hydrogens is 380 g/mol. The number of aromatic nitrogens is 3. The fourth-order valence-corrected chi connectivity index (χ4v) is 5.54. The molecule has 164 valence electrons. The van der Waals surface area contributed by atoms with Gasteiger partial charge in [-0.25, -0.2) is 0 Å². The van der Waals surface area contributed by atoms with E-state index < -0.39 is 0 Å². The molecule has 1 aromatic rings. The molecule has 2 aliphatic rings.